The van der Waals surface area contributed by atoms with E-state index in [4.69, 9.17) is 16.3 Å². The summed E-state index contributed by atoms with van der Waals surface area (Å²) in [5.74, 6) is 0.346. The van der Waals surface area contributed by atoms with Gasteiger partial charge in [0.15, 0.2) is 0 Å². The van der Waals surface area contributed by atoms with E-state index in [2.05, 4.69) is 17.1 Å². The number of imide groups is 1. The number of aromatic nitrogens is 1. The first-order valence-corrected chi connectivity index (χ1v) is 13.7. The minimum atomic E-state index is -0.317. The van der Waals surface area contributed by atoms with Gasteiger partial charge in [-0.25, -0.2) is 0 Å². The highest BCUT2D eigenvalue weighted by Gasteiger charge is 2.69. The van der Waals surface area contributed by atoms with Gasteiger partial charge < -0.3 is 9.72 Å². The molecule has 1 saturated heterocycles. The second kappa shape index (κ2) is 7.72. The minimum Gasteiger partial charge on any atom is -0.497 e. The maximum atomic E-state index is 13.7. The van der Waals surface area contributed by atoms with Crippen molar-refractivity contribution in [2.24, 2.45) is 29.6 Å². The number of anilines is 1. The highest BCUT2D eigenvalue weighted by molar-refractivity contribution is 8.00. The Hall–Kier alpha value is -2.55. The fourth-order valence-electron chi connectivity index (χ4n) is 7.05. The lowest BCUT2D eigenvalue weighted by Crippen LogP contribution is -2.42. The van der Waals surface area contributed by atoms with Crippen molar-refractivity contribution < 1.29 is 14.3 Å². The Bertz CT molecular complexity index is 1420. The molecule has 2 saturated carbocycles. The number of carbonyl (C=O) groups is 2. The molecule has 7 rings (SSSR count). The maximum Gasteiger partial charge on any atom is 0.305 e. The fraction of sp³-hybridized carbons (Fsp3) is 0.346. The Morgan fingerprint density at radius 2 is 1.66 bits per heavy atom. The highest BCUT2D eigenvalue weighted by atomic mass is 35.5. The van der Waals surface area contributed by atoms with Gasteiger partial charge in [-0.2, -0.15) is 0 Å². The molecule has 1 N–H and O–H groups in total. The lowest BCUT2D eigenvalue weighted by atomic mass is 9.68. The molecule has 2 aliphatic heterocycles. The Balaban J connectivity index is 1.31. The molecule has 2 bridgehead atoms. The number of halogens is 1. The van der Waals surface area contributed by atoms with Crippen molar-refractivity contribution in [3.63, 3.8) is 0 Å². The standard InChI is InChI=1S/C26H21ClN2O4S2/c1-33-14-8-2-11(3-9-14)17-18-15-10-16(21(18)34-23-22(17)35-26(32)28-23)20-19(15)24(30)29(25(20)31)13-6-4-12(27)5-7-13/h2-9,15-21H,10H2,1H3,(H,28,32)/t15-,16-,17?,18?,19?,20?,21?/m1/s1. The summed E-state index contributed by atoms with van der Waals surface area (Å²) in [5, 5.41) is 1.66. The van der Waals surface area contributed by atoms with Crippen LogP contribution >= 0.6 is 34.7 Å². The van der Waals surface area contributed by atoms with Gasteiger partial charge in [0, 0.05) is 21.1 Å². The average Bonchev–Trinajstić information content (AvgIpc) is 3.59. The molecule has 2 amide bonds. The molecule has 2 aromatic carbocycles. The number of rotatable bonds is 3. The van der Waals surface area contributed by atoms with E-state index in [1.165, 1.54) is 16.2 Å². The van der Waals surface area contributed by atoms with Crippen LogP contribution in [-0.4, -0.2) is 29.2 Å². The smallest absolute Gasteiger partial charge is 0.305 e. The summed E-state index contributed by atoms with van der Waals surface area (Å²) >= 11 is 9.01. The van der Waals surface area contributed by atoms with Crippen LogP contribution in [0, 0.1) is 29.6 Å². The molecule has 3 heterocycles. The third kappa shape index (κ3) is 2.99. The number of hydrogen-bond acceptors (Lipinski definition) is 6. The van der Waals surface area contributed by atoms with Gasteiger partial charge in [0.2, 0.25) is 11.8 Å². The molecular weight excluding hydrogens is 504 g/mol. The monoisotopic (exact) mass is 524 g/mol. The predicted octanol–water partition coefficient (Wildman–Crippen LogP) is 4.78. The van der Waals surface area contributed by atoms with Gasteiger partial charge in [-0.1, -0.05) is 35.1 Å². The number of nitrogens with zero attached hydrogens (tertiary/aromatic N) is 1. The van der Waals surface area contributed by atoms with Crippen LogP contribution in [0.3, 0.4) is 0 Å². The van der Waals surface area contributed by atoms with Crippen LogP contribution in [0.5, 0.6) is 5.75 Å². The second-order valence-electron chi connectivity index (χ2n) is 9.72. The molecule has 4 aliphatic rings. The number of thiazole rings is 1. The number of methoxy groups -OCH3 is 1. The van der Waals surface area contributed by atoms with E-state index in [0.717, 1.165) is 27.6 Å². The number of nitrogens with one attached hydrogen (secondary N) is 1. The molecular formula is C26H21ClN2O4S2. The van der Waals surface area contributed by atoms with Crippen molar-refractivity contribution >= 4 is 52.2 Å². The molecule has 9 heteroatoms. The minimum absolute atomic E-state index is 0.00883. The van der Waals surface area contributed by atoms with Gasteiger partial charge >= 0.3 is 4.87 Å². The Morgan fingerprint density at radius 1 is 0.971 bits per heavy atom. The molecule has 1 aromatic heterocycles. The maximum absolute atomic E-state index is 13.7. The summed E-state index contributed by atoms with van der Waals surface area (Å²) < 4.78 is 5.36. The van der Waals surface area contributed by atoms with E-state index in [9.17, 15) is 14.4 Å². The zero-order valence-electron chi connectivity index (χ0n) is 18.6. The van der Waals surface area contributed by atoms with E-state index in [0.29, 0.717) is 10.7 Å². The summed E-state index contributed by atoms with van der Waals surface area (Å²) in [6.07, 6.45) is 0.870. The summed E-state index contributed by atoms with van der Waals surface area (Å²) in [5.41, 5.74) is 1.71. The van der Waals surface area contributed by atoms with Gasteiger partial charge in [0.05, 0.1) is 29.7 Å². The number of amides is 2. The molecule has 3 aromatic rings. The quantitative estimate of drug-likeness (QED) is 0.499. The number of carbonyl (C=O) groups excluding carboxylic acids is 2. The van der Waals surface area contributed by atoms with Gasteiger partial charge in [0.25, 0.3) is 0 Å². The zero-order valence-corrected chi connectivity index (χ0v) is 21.0. The zero-order chi connectivity index (χ0) is 24.0. The average molecular weight is 525 g/mol. The summed E-state index contributed by atoms with van der Waals surface area (Å²) in [7, 11) is 1.64. The van der Waals surface area contributed by atoms with Crippen molar-refractivity contribution in [1.29, 1.82) is 0 Å². The number of hydrogen-bond donors (Lipinski definition) is 1. The Kier molecular flexibility index (Phi) is 4.79. The molecule has 3 fully saturated rings. The van der Waals surface area contributed by atoms with Crippen molar-refractivity contribution in [1.82, 2.24) is 4.98 Å². The third-order valence-electron chi connectivity index (χ3n) is 8.28. The van der Waals surface area contributed by atoms with Crippen molar-refractivity contribution in [3.8, 4) is 5.75 Å². The number of fused-ring (bicyclic) bond motifs is 9. The Morgan fingerprint density at radius 3 is 2.34 bits per heavy atom. The van der Waals surface area contributed by atoms with E-state index in [-0.39, 0.29) is 57.4 Å². The van der Waals surface area contributed by atoms with Gasteiger partial charge in [0.1, 0.15) is 5.75 Å². The van der Waals surface area contributed by atoms with E-state index >= 15 is 0 Å². The second-order valence-corrected chi connectivity index (χ2v) is 12.4. The Labute approximate surface area is 214 Å². The topological polar surface area (TPSA) is 79.5 Å². The van der Waals surface area contributed by atoms with Crippen LogP contribution in [0.15, 0.2) is 58.4 Å². The van der Waals surface area contributed by atoms with Crippen LogP contribution in [0.25, 0.3) is 0 Å². The lowest BCUT2D eigenvalue weighted by Gasteiger charge is -2.43. The first-order valence-electron chi connectivity index (χ1n) is 11.6. The molecule has 2 aliphatic carbocycles. The van der Waals surface area contributed by atoms with Gasteiger partial charge in [-0.05, 0) is 66.1 Å². The van der Waals surface area contributed by atoms with Crippen LogP contribution in [0.2, 0.25) is 5.02 Å². The lowest BCUT2D eigenvalue weighted by molar-refractivity contribution is -0.123. The molecule has 0 radical (unpaired) electrons. The van der Waals surface area contributed by atoms with E-state index < -0.39 is 0 Å². The number of ether oxygens (including phenoxy) is 1. The first kappa shape index (κ1) is 21.7. The van der Waals surface area contributed by atoms with Crippen molar-refractivity contribution in [2.45, 2.75) is 22.6 Å². The van der Waals surface area contributed by atoms with E-state index in [1.807, 2.05) is 12.1 Å². The summed E-state index contributed by atoms with van der Waals surface area (Å²) in [4.78, 5) is 45.1. The van der Waals surface area contributed by atoms with E-state index in [1.54, 1.807) is 43.1 Å². The highest BCUT2D eigenvalue weighted by Crippen LogP contribution is 2.68. The molecule has 5 unspecified atom stereocenters. The van der Waals surface area contributed by atoms with Crippen LogP contribution < -0.4 is 14.5 Å². The normalized spacial score (nSPS) is 32.5. The van der Waals surface area contributed by atoms with Crippen molar-refractivity contribution in [2.75, 3.05) is 12.0 Å². The van der Waals surface area contributed by atoms with Crippen LogP contribution in [0.4, 0.5) is 5.69 Å². The summed E-state index contributed by atoms with van der Waals surface area (Å²) in [6.45, 7) is 0. The molecule has 35 heavy (non-hydrogen) atoms. The number of H-pyrrole nitrogens is 1. The third-order valence-corrected chi connectivity index (χ3v) is 11.1. The fourth-order valence-corrected chi connectivity index (χ4v) is 10.1. The largest absolute Gasteiger partial charge is 0.497 e. The first-order chi connectivity index (χ1) is 17.0. The molecule has 7 atom stereocenters. The molecule has 0 spiro atoms. The predicted molar refractivity (Wildman–Crippen MR) is 135 cm³/mol. The SMILES string of the molecule is COc1ccc(C2c3sc(=O)[nH]c3SC3C2[C@H]2C[C@@H]3C3C(=O)N(c4ccc(Cl)cc4)C(=O)C32)cc1. The van der Waals surface area contributed by atoms with Gasteiger partial charge in [-0.15, -0.1) is 11.8 Å². The number of thioether (sulfide) groups is 1. The van der Waals surface area contributed by atoms with Crippen molar-refractivity contribution in [3.05, 3.63) is 73.7 Å². The summed E-state index contributed by atoms with van der Waals surface area (Å²) in [6, 6.07) is 14.9. The van der Waals surface area contributed by atoms with Gasteiger partial charge in [-0.3, -0.25) is 19.3 Å². The molecule has 6 nitrogen and oxygen atoms in total. The van der Waals surface area contributed by atoms with Crippen LogP contribution in [-0.2, 0) is 9.59 Å². The number of benzene rings is 2. The number of aromatic amines is 1. The van der Waals surface area contributed by atoms with Crippen LogP contribution in [0.1, 0.15) is 22.8 Å². The molecule has 178 valence electrons.